The minimum atomic E-state index is -1.09. The lowest BCUT2D eigenvalue weighted by molar-refractivity contribution is -0.136. The lowest BCUT2D eigenvalue weighted by atomic mass is 9.81. The maximum Gasteiger partial charge on any atom is 0.262 e. The molecule has 5 heterocycles. The highest BCUT2D eigenvalue weighted by Crippen LogP contribution is 2.36. The van der Waals surface area contributed by atoms with Crippen molar-refractivity contribution in [3.63, 3.8) is 0 Å². The molecule has 5 aromatic rings. The van der Waals surface area contributed by atoms with Crippen molar-refractivity contribution in [3.05, 3.63) is 102 Å². The maximum atomic E-state index is 15.2. The lowest BCUT2D eigenvalue weighted by Crippen LogP contribution is -2.54. The maximum absolute atomic E-state index is 15.2. The molecular weight excluding hydrogens is 830 g/mol. The number of benzene rings is 3. The molecule has 3 aliphatic heterocycles. The summed E-state index contributed by atoms with van der Waals surface area (Å²) in [5, 5.41) is 12.0. The van der Waals surface area contributed by atoms with E-state index in [1.807, 2.05) is 36.7 Å². The summed E-state index contributed by atoms with van der Waals surface area (Å²) in [5.41, 5.74) is 4.75. The van der Waals surface area contributed by atoms with Crippen molar-refractivity contribution in [1.82, 2.24) is 40.0 Å². The van der Waals surface area contributed by atoms with Crippen molar-refractivity contribution < 1.29 is 28.4 Å². The fraction of sp³-hybridized carbons (Fsp3) is 0.417. The van der Waals surface area contributed by atoms with Gasteiger partial charge in [0.1, 0.15) is 18.2 Å². The van der Waals surface area contributed by atoms with E-state index in [1.54, 1.807) is 6.33 Å². The zero-order valence-corrected chi connectivity index (χ0v) is 36.0. The molecule has 4 N–H and O–H groups in total. The Balaban J connectivity index is 0.653. The topological polar surface area (TPSA) is 187 Å². The molecule has 0 bridgehead atoms. The predicted octanol–water partition coefficient (Wildman–Crippen LogP) is 5.21. The second-order valence-electron chi connectivity index (χ2n) is 18.2. The summed E-state index contributed by atoms with van der Waals surface area (Å²) in [5.74, 6) is -1.48. The number of carbonyl (C=O) groups is 5. The van der Waals surface area contributed by atoms with Crippen LogP contribution < -0.4 is 26.2 Å². The number of anilines is 4. The largest absolute Gasteiger partial charge is 0.382 e. The Morgan fingerprint density at radius 1 is 0.815 bits per heavy atom. The molecule has 0 spiro atoms. The first-order valence-corrected chi connectivity index (χ1v) is 22.8. The Bertz CT molecular complexity index is 2620. The number of rotatable bonds is 13. The van der Waals surface area contributed by atoms with Gasteiger partial charge in [-0.1, -0.05) is 30.3 Å². The highest BCUT2D eigenvalue weighted by molar-refractivity contribution is 6.23. The molecule has 336 valence electrons. The predicted molar refractivity (Wildman–Crippen MR) is 241 cm³/mol. The summed E-state index contributed by atoms with van der Waals surface area (Å²) in [6.45, 7) is 5.49. The molecule has 10 rings (SSSR count). The zero-order valence-electron chi connectivity index (χ0n) is 36.0. The molecule has 0 unspecified atom stereocenters. The SMILES string of the molecule is O=C1CC[C@H](N2C(=O)c3cc(F)c(NCC4CCC(CN5CCN(c6ccc(Nc7ncnc8c7ncn8C7CC(NC(=O)Cc8ccccc8)C7)cc6)CC5)CC4)cc3C2=O)C(=O)N1. The lowest BCUT2D eigenvalue weighted by Gasteiger charge is -2.39. The fourth-order valence-electron chi connectivity index (χ4n) is 10.1. The van der Waals surface area contributed by atoms with Gasteiger partial charge >= 0.3 is 0 Å². The smallest absolute Gasteiger partial charge is 0.262 e. The van der Waals surface area contributed by atoms with Crippen LogP contribution in [0.2, 0.25) is 0 Å². The number of nitrogens with zero attached hydrogens (tertiary/aromatic N) is 7. The van der Waals surface area contributed by atoms with Crippen molar-refractivity contribution in [2.45, 2.75) is 75.9 Å². The van der Waals surface area contributed by atoms with Gasteiger partial charge in [-0.2, -0.15) is 0 Å². The van der Waals surface area contributed by atoms with Crippen molar-refractivity contribution in [3.8, 4) is 0 Å². The molecule has 17 heteroatoms. The Kier molecular flexibility index (Phi) is 11.7. The van der Waals surface area contributed by atoms with E-state index in [0.717, 1.165) is 99.1 Å². The minimum absolute atomic E-state index is 0.0223. The first kappa shape index (κ1) is 42.2. The Morgan fingerprint density at radius 2 is 1.54 bits per heavy atom. The van der Waals surface area contributed by atoms with Crippen molar-refractivity contribution in [2.75, 3.05) is 54.8 Å². The fourth-order valence-corrected chi connectivity index (χ4v) is 10.1. The summed E-state index contributed by atoms with van der Waals surface area (Å²) >= 11 is 0. The van der Waals surface area contributed by atoms with Crippen molar-refractivity contribution >= 4 is 63.6 Å². The summed E-state index contributed by atoms with van der Waals surface area (Å²) in [4.78, 5) is 82.5. The number of piperidine rings is 1. The monoisotopic (exact) mass is 881 g/mol. The second kappa shape index (κ2) is 18.0. The molecule has 2 aliphatic carbocycles. The van der Waals surface area contributed by atoms with Crippen LogP contribution in [-0.4, -0.2) is 110 Å². The Labute approximate surface area is 375 Å². The van der Waals surface area contributed by atoms with Gasteiger partial charge < -0.3 is 25.4 Å². The van der Waals surface area contributed by atoms with Gasteiger partial charge in [-0.3, -0.25) is 39.1 Å². The van der Waals surface area contributed by atoms with E-state index in [9.17, 15) is 24.0 Å². The van der Waals surface area contributed by atoms with Gasteiger partial charge in [0.05, 0.1) is 29.6 Å². The molecule has 2 saturated carbocycles. The zero-order chi connectivity index (χ0) is 44.6. The van der Waals surface area contributed by atoms with Crippen LogP contribution in [-0.2, 0) is 20.8 Å². The molecule has 3 aromatic carbocycles. The number of hydrogen-bond donors (Lipinski definition) is 4. The standard InChI is InChI=1S/C48H52FN11O5/c49-38-23-36-37(48(65)60(47(36)64)40-14-15-41(61)56-46(40)63)24-39(38)50-25-30-6-8-31(9-7-30)26-57-16-18-58(19-17-57)34-12-10-32(11-13-34)55-44-43-45(52-27-51-44)59(28-53-43)35-21-33(22-35)54-42(62)20-29-4-2-1-3-5-29/h1-5,10-13,23-24,27-28,30-31,33,35,40,50H,6-9,14-22,25-26H2,(H,54,62)(H,51,52,55)(H,56,61,63)/t30?,31?,33?,35?,40-/m0/s1. The molecule has 2 aromatic heterocycles. The third-order valence-electron chi connectivity index (χ3n) is 13.9. The van der Waals surface area contributed by atoms with Crippen LogP contribution in [0.15, 0.2) is 79.4 Å². The third kappa shape index (κ3) is 8.88. The van der Waals surface area contributed by atoms with E-state index >= 15 is 4.39 Å². The van der Waals surface area contributed by atoms with Crippen LogP contribution >= 0.6 is 0 Å². The van der Waals surface area contributed by atoms with Crippen LogP contribution in [0.1, 0.15) is 83.7 Å². The number of fused-ring (bicyclic) bond motifs is 2. The first-order chi connectivity index (χ1) is 31.6. The van der Waals surface area contributed by atoms with Crippen LogP contribution in [0.4, 0.5) is 27.3 Å². The normalized spacial score (nSPS) is 23.6. The minimum Gasteiger partial charge on any atom is -0.382 e. The van der Waals surface area contributed by atoms with Crippen LogP contribution in [0.5, 0.6) is 0 Å². The number of imidazole rings is 1. The summed E-state index contributed by atoms with van der Waals surface area (Å²) < 4.78 is 17.3. The number of piperazine rings is 1. The molecule has 5 aliphatic rings. The molecule has 1 atom stereocenters. The number of halogens is 1. The van der Waals surface area contributed by atoms with E-state index in [-0.39, 0.29) is 47.6 Å². The highest BCUT2D eigenvalue weighted by atomic mass is 19.1. The van der Waals surface area contributed by atoms with Crippen LogP contribution in [0, 0.1) is 17.7 Å². The molecule has 16 nitrogen and oxygen atoms in total. The van der Waals surface area contributed by atoms with Gasteiger partial charge in [0.25, 0.3) is 11.8 Å². The molecule has 2 saturated heterocycles. The first-order valence-electron chi connectivity index (χ1n) is 22.8. The summed E-state index contributed by atoms with van der Waals surface area (Å²) in [7, 11) is 0. The van der Waals surface area contributed by atoms with E-state index in [4.69, 9.17) is 0 Å². The van der Waals surface area contributed by atoms with Gasteiger partial charge in [-0.15, -0.1) is 0 Å². The molecule has 0 radical (unpaired) electrons. The number of imide groups is 2. The Morgan fingerprint density at radius 3 is 2.28 bits per heavy atom. The highest BCUT2D eigenvalue weighted by Gasteiger charge is 2.45. The summed E-state index contributed by atoms with van der Waals surface area (Å²) in [6, 6.07) is 19.9. The summed E-state index contributed by atoms with van der Waals surface area (Å²) in [6.07, 6.45) is 9.72. The number of nitrogens with one attached hydrogen (secondary N) is 4. The van der Waals surface area contributed by atoms with Crippen LogP contribution in [0.25, 0.3) is 11.2 Å². The quantitative estimate of drug-likeness (QED) is 0.113. The van der Waals surface area contributed by atoms with Gasteiger partial charge in [0.2, 0.25) is 17.7 Å². The average molecular weight is 882 g/mol. The molecule has 4 fully saturated rings. The number of carbonyl (C=O) groups excluding carboxylic acids is 5. The number of hydrogen-bond acceptors (Lipinski definition) is 12. The van der Waals surface area contributed by atoms with Gasteiger partial charge in [0, 0.05) is 69.1 Å². The van der Waals surface area contributed by atoms with Crippen LogP contribution in [0.3, 0.4) is 0 Å². The van der Waals surface area contributed by atoms with Crippen molar-refractivity contribution in [2.24, 2.45) is 11.8 Å². The van der Waals surface area contributed by atoms with E-state index in [0.29, 0.717) is 36.1 Å². The van der Waals surface area contributed by atoms with Gasteiger partial charge in [-0.25, -0.2) is 19.3 Å². The van der Waals surface area contributed by atoms with E-state index in [1.165, 1.54) is 11.8 Å². The molecule has 5 amide bonds. The average Bonchev–Trinajstić information content (AvgIpc) is 3.83. The molecular formula is C48H52FN11O5. The number of amides is 5. The number of aromatic nitrogens is 4. The van der Waals surface area contributed by atoms with E-state index < -0.39 is 35.5 Å². The molecule has 65 heavy (non-hydrogen) atoms. The van der Waals surface area contributed by atoms with E-state index in [2.05, 4.69) is 74.9 Å². The van der Waals surface area contributed by atoms with Crippen molar-refractivity contribution in [1.29, 1.82) is 0 Å². The third-order valence-corrected chi connectivity index (χ3v) is 13.9. The van der Waals surface area contributed by atoms with Gasteiger partial charge in [-0.05, 0) is 98.7 Å². The second-order valence-corrected chi connectivity index (χ2v) is 18.2. The van der Waals surface area contributed by atoms with Gasteiger partial charge in [0.15, 0.2) is 17.0 Å². The Hall–Kier alpha value is -6.75.